The molecule has 1 atom stereocenters. The number of anilines is 1. The number of carboxylic acid groups (broad SMARTS) is 1. The highest BCUT2D eigenvalue weighted by atomic mass is 35.5. The number of aromatic nitrogens is 1. The molecule has 6 rings (SSSR count). The predicted molar refractivity (Wildman–Crippen MR) is 222 cm³/mol. The summed E-state index contributed by atoms with van der Waals surface area (Å²) in [6.45, 7) is 9.71. The van der Waals surface area contributed by atoms with Gasteiger partial charge in [-0.2, -0.15) is 5.26 Å². The van der Waals surface area contributed by atoms with Crippen LogP contribution < -0.4 is 19.1 Å². The first-order chi connectivity index (χ1) is 27.7. The van der Waals surface area contributed by atoms with E-state index < -0.39 is 12.0 Å². The SMILES string of the molecule is CCN(CCCOc1cccc(-c2cccc(COc3cc(OCc4cncc(C#N)c4)c(CN4CCCC[C@H]4C(=O)O)cc3Cl)c2C)c1C)c1ccccc1O. The molecule has 2 heterocycles. The van der Waals surface area contributed by atoms with Crippen molar-refractivity contribution in [2.75, 3.05) is 31.1 Å². The van der Waals surface area contributed by atoms with Crippen LogP contribution in [0, 0.1) is 25.2 Å². The molecule has 4 aromatic carbocycles. The molecule has 0 spiro atoms. The van der Waals surface area contributed by atoms with Crippen LogP contribution in [-0.2, 0) is 24.6 Å². The lowest BCUT2D eigenvalue weighted by molar-refractivity contribution is -0.144. The van der Waals surface area contributed by atoms with Gasteiger partial charge in [0.1, 0.15) is 48.3 Å². The molecule has 1 aliphatic heterocycles. The third-order valence-electron chi connectivity index (χ3n) is 10.5. The van der Waals surface area contributed by atoms with E-state index in [0.29, 0.717) is 48.2 Å². The molecule has 0 radical (unpaired) electrons. The van der Waals surface area contributed by atoms with Gasteiger partial charge in [-0.25, -0.2) is 0 Å². The zero-order valence-electron chi connectivity index (χ0n) is 32.7. The third kappa shape index (κ3) is 10.2. The Morgan fingerprint density at radius 1 is 0.912 bits per heavy atom. The minimum Gasteiger partial charge on any atom is -0.506 e. The molecule has 0 bridgehead atoms. The molecule has 1 aliphatic rings. The number of halogens is 1. The van der Waals surface area contributed by atoms with Gasteiger partial charge >= 0.3 is 5.97 Å². The van der Waals surface area contributed by atoms with Crippen molar-refractivity contribution in [1.82, 2.24) is 9.88 Å². The maximum absolute atomic E-state index is 12.1. The van der Waals surface area contributed by atoms with Crippen LogP contribution in [0.4, 0.5) is 5.69 Å². The van der Waals surface area contributed by atoms with Gasteiger partial charge in [0.05, 0.1) is 22.9 Å². The van der Waals surface area contributed by atoms with E-state index in [1.54, 1.807) is 30.5 Å². The first-order valence-electron chi connectivity index (χ1n) is 19.4. The molecule has 0 unspecified atom stereocenters. The minimum atomic E-state index is -0.838. The maximum Gasteiger partial charge on any atom is 0.320 e. The molecule has 2 N–H and O–H groups in total. The van der Waals surface area contributed by atoms with Gasteiger partial charge in [-0.15, -0.1) is 0 Å². The normalized spacial score (nSPS) is 14.1. The van der Waals surface area contributed by atoms with Crippen LogP contribution in [0.2, 0.25) is 5.02 Å². The van der Waals surface area contributed by atoms with Gasteiger partial charge in [0.25, 0.3) is 0 Å². The molecular weight excluding hydrogens is 740 g/mol. The molecular formula is C46H49ClN4O6. The zero-order valence-corrected chi connectivity index (χ0v) is 33.5. The highest BCUT2D eigenvalue weighted by Crippen LogP contribution is 2.37. The Balaban J connectivity index is 1.17. The monoisotopic (exact) mass is 788 g/mol. The van der Waals surface area contributed by atoms with Crippen molar-refractivity contribution >= 4 is 23.3 Å². The molecule has 0 saturated carbocycles. The Kier molecular flexibility index (Phi) is 13.9. The van der Waals surface area contributed by atoms with Gasteiger partial charge in [-0.05, 0) is 105 Å². The van der Waals surface area contributed by atoms with Gasteiger partial charge in [-0.3, -0.25) is 14.7 Å². The first-order valence-corrected chi connectivity index (χ1v) is 19.8. The number of carbonyl (C=O) groups is 1. The molecule has 296 valence electrons. The molecule has 1 saturated heterocycles. The number of nitriles is 1. The van der Waals surface area contributed by atoms with E-state index in [1.807, 2.05) is 47.4 Å². The summed E-state index contributed by atoms with van der Waals surface area (Å²) in [7, 11) is 0. The van der Waals surface area contributed by atoms with E-state index in [0.717, 1.165) is 82.7 Å². The molecule has 1 fully saturated rings. The number of aromatic hydroxyl groups is 1. The standard InChI is InChI=1S/C46H49ClN4O6/c1-4-50(40-15-5-6-17-42(40)52)20-11-21-55-43-18-10-14-38(32(43)3)37-13-9-12-35(31(37)2)30-57-45-24-44(56-29-34-22-33(25-48)26-49-27-34)36(23-39(45)47)28-51-19-8-7-16-41(51)46(53)54/h5-6,9-10,12-15,17-18,22-24,26-27,41,52H,4,7-8,11,16,19-21,28-30H2,1-3H3,(H,53,54)/t41-/m0/s1. The molecule has 1 aromatic heterocycles. The van der Waals surface area contributed by atoms with Crippen LogP contribution in [0.5, 0.6) is 23.0 Å². The summed E-state index contributed by atoms with van der Waals surface area (Å²) < 4.78 is 19.0. The van der Waals surface area contributed by atoms with Crippen molar-refractivity contribution in [3.8, 4) is 40.2 Å². The number of phenols is 1. The lowest BCUT2D eigenvalue weighted by atomic mass is 9.93. The fourth-order valence-corrected chi connectivity index (χ4v) is 7.62. The number of aliphatic carboxylic acids is 1. The van der Waals surface area contributed by atoms with Gasteiger partial charge in [-0.1, -0.05) is 60.5 Å². The number of ether oxygens (including phenoxy) is 3. The van der Waals surface area contributed by atoms with Crippen molar-refractivity contribution in [3.05, 3.63) is 130 Å². The molecule has 5 aromatic rings. The average Bonchev–Trinajstić information content (AvgIpc) is 3.22. The fraction of sp³-hybridized carbons (Fsp3) is 0.326. The van der Waals surface area contributed by atoms with Crippen LogP contribution in [0.15, 0.2) is 91.3 Å². The Morgan fingerprint density at radius 2 is 1.68 bits per heavy atom. The van der Waals surface area contributed by atoms with Crippen LogP contribution in [-0.4, -0.2) is 58.3 Å². The lowest BCUT2D eigenvalue weighted by Crippen LogP contribution is -2.44. The number of pyridine rings is 1. The number of rotatable bonds is 17. The van der Waals surface area contributed by atoms with E-state index in [1.165, 1.54) is 6.20 Å². The summed E-state index contributed by atoms with van der Waals surface area (Å²) in [6, 6.07) is 26.5. The minimum absolute atomic E-state index is 0.150. The molecule has 57 heavy (non-hydrogen) atoms. The summed E-state index contributed by atoms with van der Waals surface area (Å²) in [6.07, 6.45) is 6.31. The average molecular weight is 789 g/mol. The molecule has 10 nitrogen and oxygen atoms in total. The topological polar surface area (TPSA) is 128 Å². The van der Waals surface area contributed by atoms with Gasteiger partial charge < -0.3 is 29.3 Å². The number of piperidine rings is 1. The number of phenolic OH excluding ortho intramolecular Hbond substituents is 1. The molecule has 0 aliphatic carbocycles. The van der Waals surface area contributed by atoms with E-state index in [2.05, 4.69) is 48.9 Å². The van der Waals surface area contributed by atoms with Crippen molar-refractivity contribution in [2.45, 2.75) is 72.3 Å². The van der Waals surface area contributed by atoms with Gasteiger partial charge in [0.15, 0.2) is 0 Å². The zero-order chi connectivity index (χ0) is 40.3. The second kappa shape index (κ2) is 19.4. The second-order valence-electron chi connectivity index (χ2n) is 14.3. The van der Waals surface area contributed by atoms with E-state index in [4.69, 9.17) is 25.8 Å². The lowest BCUT2D eigenvalue weighted by Gasteiger charge is -2.33. The number of hydrogen-bond acceptors (Lipinski definition) is 9. The number of likely N-dealkylation sites (tertiary alicyclic amines) is 1. The summed E-state index contributed by atoms with van der Waals surface area (Å²) >= 11 is 6.87. The predicted octanol–water partition coefficient (Wildman–Crippen LogP) is 9.49. The highest BCUT2D eigenvalue weighted by Gasteiger charge is 2.29. The highest BCUT2D eigenvalue weighted by molar-refractivity contribution is 6.32. The fourth-order valence-electron chi connectivity index (χ4n) is 7.38. The molecule has 0 amide bonds. The number of hydrogen-bond donors (Lipinski definition) is 2. The Bertz CT molecular complexity index is 2220. The summed E-state index contributed by atoms with van der Waals surface area (Å²) in [5, 5.41) is 30.0. The Labute approximate surface area is 339 Å². The number of benzene rings is 4. The van der Waals surface area contributed by atoms with Gasteiger partial charge in [0.2, 0.25) is 0 Å². The van der Waals surface area contributed by atoms with E-state index in [9.17, 15) is 20.3 Å². The summed E-state index contributed by atoms with van der Waals surface area (Å²) in [5.74, 6) is 1.22. The Hall–Kier alpha value is -5.76. The van der Waals surface area contributed by atoms with Crippen LogP contribution in [0.25, 0.3) is 11.1 Å². The first kappa shape index (κ1) is 40.9. The van der Waals surface area contributed by atoms with Crippen LogP contribution in [0.1, 0.15) is 66.0 Å². The third-order valence-corrected chi connectivity index (χ3v) is 10.8. The number of para-hydroxylation sites is 2. The van der Waals surface area contributed by atoms with Crippen molar-refractivity contribution < 1.29 is 29.2 Å². The van der Waals surface area contributed by atoms with Crippen LogP contribution >= 0.6 is 11.6 Å². The van der Waals surface area contributed by atoms with E-state index in [-0.39, 0.29) is 19.0 Å². The van der Waals surface area contributed by atoms with Crippen molar-refractivity contribution in [3.63, 3.8) is 0 Å². The largest absolute Gasteiger partial charge is 0.506 e. The van der Waals surface area contributed by atoms with Crippen molar-refractivity contribution in [1.29, 1.82) is 5.26 Å². The van der Waals surface area contributed by atoms with Crippen LogP contribution in [0.3, 0.4) is 0 Å². The van der Waals surface area contributed by atoms with E-state index >= 15 is 0 Å². The second-order valence-corrected chi connectivity index (χ2v) is 14.7. The summed E-state index contributed by atoms with van der Waals surface area (Å²) in [5.41, 5.74) is 7.97. The Morgan fingerprint density at radius 3 is 2.46 bits per heavy atom. The van der Waals surface area contributed by atoms with Gasteiger partial charge in [0, 0.05) is 49.2 Å². The summed E-state index contributed by atoms with van der Waals surface area (Å²) in [4.78, 5) is 20.4. The maximum atomic E-state index is 12.1. The number of carboxylic acids is 1. The molecule has 11 heteroatoms. The smallest absolute Gasteiger partial charge is 0.320 e. The quantitative estimate of drug-likeness (QED) is 0.0880. The van der Waals surface area contributed by atoms with Crippen molar-refractivity contribution in [2.24, 2.45) is 0 Å². The number of nitrogens with zero attached hydrogens (tertiary/aromatic N) is 4.